The van der Waals surface area contributed by atoms with Crippen molar-refractivity contribution in [2.24, 2.45) is 0 Å². The molecule has 2 heterocycles. The second-order valence-corrected chi connectivity index (χ2v) is 10.8. The summed E-state index contributed by atoms with van der Waals surface area (Å²) in [6, 6.07) is 22.7. The monoisotopic (exact) mass is 557 g/mol. The lowest BCUT2D eigenvalue weighted by atomic mass is 10.0. The molecule has 0 aliphatic carbocycles. The SMILES string of the molecule is CNc1cn(S(=O)(=O)c2cccnc2)c2cc(Cc3ccc(C)cc3)ccc12.O=C(O)c1cccc(C(=O)O)c1. The zero-order valence-electron chi connectivity index (χ0n) is 21.8. The third-order valence-corrected chi connectivity index (χ3v) is 7.84. The van der Waals surface area contributed by atoms with Crippen LogP contribution in [-0.4, -0.2) is 46.6 Å². The Labute approximate surface area is 231 Å². The van der Waals surface area contributed by atoms with Gasteiger partial charge in [-0.1, -0.05) is 48.0 Å². The number of aryl methyl sites for hydroxylation is 1. The van der Waals surface area contributed by atoms with Crippen LogP contribution in [0.2, 0.25) is 0 Å². The van der Waals surface area contributed by atoms with Crippen molar-refractivity contribution in [3.63, 3.8) is 0 Å². The highest BCUT2D eigenvalue weighted by molar-refractivity contribution is 7.90. The molecule has 0 radical (unpaired) electrons. The van der Waals surface area contributed by atoms with E-state index in [2.05, 4.69) is 41.5 Å². The summed E-state index contributed by atoms with van der Waals surface area (Å²) >= 11 is 0. The number of benzene rings is 3. The van der Waals surface area contributed by atoms with Crippen LogP contribution in [0.1, 0.15) is 37.4 Å². The van der Waals surface area contributed by atoms with Gasteiger partial charge in [0, 0.05) is 31.0 Å². The lowest BCUT2D eigenvalue weighted by Gasteiger charge is -2.08. The molecular weight excluding hydrogens is 530 g/mol. The van der Waals surface area contributed by atoms with Gasteiger partial charge in [-0.2, -0.15) is 0 Å². The van der Waals surface area contributed by atoms with Crippen molar-refractivity contribution in [3.8, 4) is 0 Å². The zero-order valence-corrected chi connectivity index (χ0v) is 22.6. The average Bonchev–Trinajstić information content (AvgIpc) is 3.34. The second-order valence-electron chi connectivity index (χ2n) is 8.99. The lowest BCUT2D eigenvalue weighted by Crippen LogP contribution is -2.12. The van der Waals surface area contributed by atoms with Crippen molar-refractivity contribution in [3.05, 3.63) is 125 Å². The predicted molar refractivity (Wildman–Crippen MR) is 153 cm³/mol. The average molecular weight is 558 g/mol. The Morgan fingerprint density at radius 1 is 0.875 bits per heavy atom. The maximum absolute atomic E-state index is 13.2. The standard InChI is InChI=1S/C22H21N3O2S.C8H6O4/c1-16-5-7-17(8-6-16)12-18-9-10-20-21(23-2)15-25(22(20)13-18)28(26,27)19-4-3-11-24-14-19;9-7(10)5-2-1-3-6(4-5)8(11)12/h3-11,13-15,23H,12H2,1-2H3;1-4H,(H,9,10)(H,11,12). The Kier molecular flexibility index (Phi) is 8.30. The van der Waals surface area contributed by atoms with E-state index in [1.54, 1.807) is 31.6 Å². The number of pyridine rings is 1. The number of hydrogen-bond donors (Lipinski definition) is 3. The van der Waals surface area contributed by atoms with E-state index in [-0.39, 0.29) is 16.0 Å². The molecule has 3 aromatic carbocycles. The number of carboxylic acids is 2. The van der Waals surface area contributed by atoms with Crippen molar-refractivity contribution < 1.29 is 28.2 Å². The molecule has 40 heavy (non-hydrogen) atoms. The molecule has 0 unspecified atom stereocenters. The lowest BCUT2D eigenvalue weighted by molar-refractivity contribution is 0.0696. The van der Waals surface area contributed by atoms with Gasteiger partial charge in [-0.15, -0.1) is 0 Å². The molecule has 5 rings (SSSR count). The van der Waals surface area contributed by atoms with Crippen LogP contribution >= 0.6 is 0 Å². The van der Waals surface area contributed by atoms with Gasteiger partial charge in [0.1, 0.15) is 4.90 Å². The second kappa shape index (κ2) is 11.8. The minimum absolute atomic E-state index is 0.0186. The first kappa shape index (κ1) is 28.1. The van der Waals surface area contributed by atoms with E-state index >= 15 is 0 Å². The van der Waals surface area contributed by atoms with E-state index in [4.69, 9.17) is 10.2 Å². The number of fused-ring (bicyclic) bond motifs is 1. The number of aromatic nitrogens is 2. The number of nitrogens with one attached hydrogen (secondary N) is 1. The summed E-state index contributed by atoms with van der Waals surface area (Å²) in [5.41, 5.74) is 4.84. The fraction of sp³-hybridized carbons (Fsp3) is 0.100. The Morgan fingerprint density at radius 2 is 1.52 bits per heavy atom. The molecule has 0 atom stereocenters. The molecular formula is C30H27N3O6S. The van der Waals surface area contributed by atoms with Gasteiger partial charge < -0.3 is 15.5 Å². The van der Waals surface area contributed by atoms with E-state index in [0.717, 1.165) is 29.1 Å². The Balaban J connectivity index is 0.000000259. The molecule has 10 heteroatoms. The molecule has 0 saturated carbocycles. The highest BCUT2D eigenvalue weighted by atomic mass is 32.2. The Bertz CT molecular complexity index is 1750. The minimum atomic E-state index is -3.74. The van der Waals surface area contributed by atoms with Crippen molar-refractivity contribution in [2.75, 3.05) is 12.4 Å². The van der Waals surface area contributed by atoms with Crippen LogP contribution in [0, 0.1) is 6.92 Å². The largest absolute Gasteiger partial charge is 0.478 e. The summed E-state index contributed by atoms with van der Waals surface area (Å²) in [6.07, 6.45) is 5.30. The third-order valence-electron chi connectivity index (χ3n) is 6.18. The van der Waals surface area contributed by atoms with Crippen LogP contribution in [0.15, 0.2) is 102 Å². The van der Waals surface area contributed by atoms with Crippen molar-refractivity contribution in [1.29, 1.82) is 0 Å². The van der Waals surface area contributed by atoms with Crippen LogP contribution in [0.4, 0.5) is 5.69 Å². The van der Waals surface area contributed by atoms with Crippen LogP contribution in [0.3, 0.4) is 0 Å². The summed E-state index contributed by atoms with van der Waals surface area (Å²) in [4.78, 5) is 24.9. The first-order valence-corrected chi connectivity index (χ1v) is 13.6. The van der Waals surface area contributed by atoms with Gasteiger partial charge in [0.15, 0.2) is 0 Å². The topological polar surface area (TPSA) is 139 Å². The Morgan fingerprint density at radius 3 is 2.10 bits per heavy atom. The summed E-state index contributed by atoms with van der Waals surface area (Å²) in [5, 5.41) is 20.9. The predicted octanol–water partition coefficient (Wildman–Crippen LogP) is 5.30. The fourth-order valence-electron chi connectivity index (χ4n) is 4.09. The van der Waals surface area contributed by atoms with E-state index in [1.165, 1.54) is 39.5 Å². The number of aromatic carboxylic acids is 2. The number of carboxylic acid groups (broad SMARTS) is 2. The van der Waals surface area contributed by atoms with Gasteiger partial charge in [-0.3, -0.25) is 4.98 Å². The van der Waals surface area contributed by atoms with Crippen LogP contribution in [-0.2, 0) is 16.4 Å². The minimum Gasteiger partial charge on any atom is -0.478 e. The summed E-state index contributed by atoms with van der Waals surface area (Å²) in [7, 11) is -1.95. The molecule has 9 nitrogen and oxygen atoms in total. The molecule has 0 aliphatic rings. The summed E-state index contributed by atoms with van der Waals surface area (Å²) < 4.78 is 27.7. The van der Waals surface area contributed by atoms with Crippen molar-refractivity contribution in [2.45, 2.75) is 18.2 Å². The summed E-state index contributed by atoms with van der Waals surface area (Å²) in [6.45, 7) is 2.06. The van der Waals surface area contributed by atoms with Gasteiger partial charge in [-0.25, -0.2) is 22.0 Å². The first-order chi connectivity index (χ1) is 19.1. The van der Waals surface area contributed by atoms with E-state index in [9.17, 15) is 18.0 Å². The van der Waals surface area contributed by atoms with Crippen LogP contribution in [0.25, 0.3) is 10.9 Å². The molecule has 3 N–H and O–H groups in total. The fourth-order valence-corrected chi connectivity index (χ4v) is 5.42. The number of carbonyl (C=O) groups is 2. The maximum Gasteiger partial charge on any atom is 0.335 e. The van der Waals surface area contributed by atoms with Crippen LogP contribution in [0.5, 0.6) is 0 Å². The first-order valence-electron chi connectivity index (χ1n) is 12.2. The van der Waals surface area contributed by atoms with E-state index in [0.29, 0.717) is 5.52 Å². The van der Waals surface area contributed by atoms with Gasteiger partial charge in [0.2, 0.25) is 0 Å². The molecule has 0 amide bonds. The zero-order chi connectivity index (χ0) is 28.9. The number of nitrogens with zero attached hydrogens (tertiary/aromatic N) is 2. The van der Waals surface area contributed by atoms with E-state index < -0.39 is 22.0 Å². The Hall–Kier alpha value is -4.96. The number of rotatable bonds is 7. The molecule has 5 aromatic rings. The van der Waals surface area contributed by atoms with Crippen molar-refractivity contribution >= 4 is 38.6 Å². The summed E-state index contributed by atoms with van der Waals surface area (Å²) in [5.74, 6) is -2.25. The number of anilines is 1. The normalized spacial score (nSPS) is 10.9. The smallest absolute Gasteiger partial charge is 0.335 e. The quantitative estimate of drug-likeness (QED) is 0.245. The maximum atomic E-state index is 13.2. The molecule has 0 fully saturated rings. The van der Waals surface area contributed by atoms with Crippen LogP contribution < -0.4 is 5.32 Å². The highest BCUT2D eigenvalue weighted by Crippen LogP contribution is 2.30. The molecule has 0 bridgehead atoms. The molecule has 2 aromatic heterocycles. The molecule has 0 aliphatic heterocycles. The van der Waals surface area contributed by atoms with Gasteiger partial charge in [-0.05, 0) is 60.9 Å². The molecule has 0 saturated heterocycles. The molecule has 0 spiro atoms. The van der Waals surface area contributed by atoms with E-state index in [1.807, 2.05) is 18.2 Å². The van der Waals surface area contributed by atoms with Gasteiger partial charge >= 0.3 is 11.9 Å². The molecule has 204 valence electrons. The third kappa shape index (κ3) is 6.19. The van der Waals surface area contributed by atoms with Gasteiger partial charge in [0.25, 0.3) is 10.0 Å². The number of hydrogen-bond acceptors (Lipinski definition) is 6. The van der Waals surface area contributed by atoms with Gasteiger partial charge in [0.05, 0.1) is 22.3 Å². The van der Waals surface area contributed by atoms with Crippen molar-refractivity contribution in [1.82, 2.24) is 8.96 Å². The highest BCUT2D eigenvalue weighted by Gasteiger charge is 2.21.